The highest BCUT2D eigenvalue weighted by Gasteiger charge is 2.13. The Morgan fingerprint density at radius 3 is 1.05 bits per heavy atom. The Morgan fingerprint density at radius 1 is 0.188 bits per heavy atom. The number of fused-ring (bicyclic) bond motifs is 9. The summed E-state index contributed by atoms with van der Waals surface area (Å²) in [5.74, 6) is 0. The number of pyridine rings is 6. The Labute approximate surface area is 367 Å². The Bertz CT molecular complexity index is 4030. The summed E-state index contributed by atoms with van der Waals surface area (Å²) in [6.45, 7) is 0. The molecule has 0 unspecified atom stereocenters. The third kappa shape index (κ3) is 6.19. The van der Waals surface area contributed by atoms with Crippen LogP contribution in [0.1, 0.15) is 0 Å². The molecule has 0 aliphatic heterocycles. The van der Waals surface area contributed by atoms with Gasteiger partial charge in [0.05, 0.1) is 67.3 Å². The van der Waals surface area contributed by atoms with E-state index in [1.165, 1.54) is 10.8 Å². The molecule has 7 aromatic carbocycles. The Morgan fingerprint density at radius 2 is 0.516 bits per heavy atom. The van der Waals surface area contributed by atoms with Crippen LogP contribution in [0.2, 0.25) is 0 Å². The molecule has 0 amide bonds. The molecule has 0 saturated carbocycles. The summed E-state index contributed by atoms with van der Waals surface area (Å²) in [5.41, 5.74) is 14.6. The van der Waals surface area contributed by atoms with Gasteiger partial charge in [0.2, 0.25) is 0 Å². The van der Waals surface area contributed by atoms with Crippen molar-refractivity contribution in [3.8, 4) is 56.4 Å². The first-order valence-electron chi connectivity index (χ1n) is 21.4. The van der Waals surface area contributed by atoms with E-state index in [0.717, 1.165) is 122 Å². The van der Waals surface area contributed by atoms with Gasteiger partial charge in [-0.1, -0.05) is 152 Å². The maximum absolute atomic E-state index is 5.25. The zero-order valence-electron chi connectivity index (χ0n) is 34.3. The van der Waals surface area contributed by atoms with Crippen LogP contribution in [-0.2, 0) is 0 Å². The molecule has 13 rings (SSSR count). The average Bonchev–Trinajstić information content (AvgIpc) is 3.37. The summed E-state index contributed by atoms with van der Waals surface area (Å²) < 4.78 is 0. The first kappa shape index (κ1) is 36.0. The first-order valence-corrected chi connectivity index (χ1v) is 21.4. The van der Waals surface area contributed by atoms with Gasteiger partial charge in [0.1, 0.15) is 0 Å². The van der Waals surface area contributed by atoms with Gasteiger partial charge in [-0.2, -0.15) is 0 Å². The summed E-state index contributed by atoms with van der Waals surface area (Å²) >= 11 is 0. The van der Waals surface area contributed by atoms with Crippen LogP contribution in [0, 0.1) is 0 Å². The highest BCUT2D eigenvalue weighted by atomic mass is 14.8. The van der Waals surface area contributed by atoms with Gasteiger partial charge in [0.15, 0.2) is 0 Å². The molecule has 0 atom stereocenters. The smallest absolute Gasteiger partial charge is 0.0973 e. The molecule has 0 saturated heterocycles. The Balaban J connectivity index is 0.846. The van der Waals surface area contributed by atoms with Gasteiger partial charge < -0.3 is 0 Å². The molecule has 0 aliphatic carbocycles. The van der Waals surface area contributed by atoms with Crippen molar-refractivity contribution in [2.45, 2.75) is 0 Å². The molecule has 13 aromatic rings. The number of benzene rings is 7. The standard InChI is InChI=1S/C58H34N6/c1-2-7-36(8-3-1)47-27-22-39-15-16-42-25-31-52(64-58(42)57(39)61-47)51-30-21-38-11-18-45(33-54(38)60-51)48-26-20-37-12-19-46(34-53(37)59-48)50-29-24-41-14-13-40-23-28-49(62-55(40)56(41)63-50)44-17-10-35-6-4-5-9-43(35)32-44/h1-34H. The van der Waals surface area contributed by atoms with Crippen LogP contribution in [0.3, 0.4) is 0 Å². The van der Waals surface area contributed by atoms with Crippen molar-refractivity contribution >= 4 is 76.2 Å². The van der Waals surface area contributed by atoms with Crippen LogP contribution in [0.5, 0.6) is 0 Å². The van der Waals surface area contributed by atoms with Crippen LogP contribution < -0.4 is 0 Å². The van der Waals surface area contributed by atoms with Crippen LogP contribution in [0.4, 0.5) is 0 Å². The number of aromatic nitrogens is 6. The van der Waals surface area contributed by atoms with Crippen molar-refractivity contribution in [2.24, 2.45) is 0 Å². The molecular weight excluding hydrogens is 781 g/mol. The average molecular weight is 815 g/mol. The van der Waals surface area contributed by atoms with Crippen molar-refractivity contribution in [3.05, 3.63) is 206 Å². The van der Waals surface area contributed by atoms with Crippen molar-refractivity contribution in [2.75, 3.05) is 0 Å². The molecule has 0 radical (unpaired) electrons. The molecule has 0 fully saturated rings. The van der Waals surface area contributed by atoms with Crippen LogP contribution in [-0.4, -0.2) is 29.9 Å². The van der Waals surface area contributed by atoms with Gasteiger partial charge in [0.25, 0.3) is 0 Å². The number of nitrogens with zero attached hydrogens (tertiary/aromatic N) is 6. The molecule has 0 bridgehead atoms. The van der Waals surface area contributed by atoms with E-state index in [1.807, 2.05) is 30.3 Å². The second-order valence-corrected chi connectivity index (χ2v) is 16.3. The Kier molecular flexibility index (Phi) is 8.11. The van der Waals surface area contributed by atoms with E-state index >= 15 is 0 Å². The normalized spacial score (nSPS) is 11.8. The number of rotatable bonds is 5. The molecule has 0 spiro atoms. The molecule has 0 N–H and O–H groups in total. The predicted octanol–water partition coefficient (Wildman–Crippen LogP) is 14.5. The quantitative estimate of drug-likeness (QED) is 0.161. The fraction of sp³-hybridized carbons (Fsp3) is 0. The van der Waals surface area contributed by atoms with E-state index in [2.05, 4.69) is 176 Å². The zero-order valence-corrected chi connectivity index (χ0v) is 34.3. The van der Waals surface area contributed by atoms with E-state index in [9.17, 15) is 0 Å². The third-order valence-electron chi connectivity index (χ3n) is 12.4. The monoisotopic (exact) mass is 814 g/mol. The minimum Gasteiger partial charge on any atom is -0.248 e. The topological polar surface area (TPSA) is 77.3 Å². The summed E-state index contributed by atoms with van der Waals surface area (Å²) in [5, 5.41) is 8.70. The van der Waals surface area contributed by atoms with E-state index in [1.54, 1.807) is 0 Å². The van der Waals surface area contributed by atoms with Crippen molar-refractivity contribution in [1.82, 2.24) is 29.9 Å². The zero-order chi connectivity index (χ0) is 42.1. The van der Waals surface area contributed by atoms with Gasteiger partial charge in [-0.25, -0.2) is 29.9 Å². The molecule has 6 aromatic heterocycles. The molecule has 296 valence electrons. The van der Waals surface area contributed by atoms with E-state index in [0.29, 0.717) is 0 Å². The lowest BCUT2D eigenvalue weighted by molar-refractivity contribution is 1.31. The lowest BCUT2D eigenvalue weighted by Crippen LogP contribution is -1.93. The van der Waals surface area contributed by atoms with Crippen molar-refractivity contribution in [1.29, 1.82) is 0 Å². The lowest BCUT2D eigenvalue weighted by atomic mass is 10.0. The van der Waals surface area contributed by atoms with Gasteiger partial charge in [-0.05, 0) is 65.4 Å². The molecule has 0 aliphatic rings. The van der Waals surface area contributed by atoms with E-state index < -0.39 is 0 Å². The maximum Gasteiger partial charge on any atom is 0.0973 e. The van der Waals surface area contributed by atoms with Crippen LogP contribution >= 0.6 is 0 Å². The van der Waals surface area contributed by atoms with Crippen molar-refractivity contribution < 1.29 is 0 Å². The van der Waals surface area contributed by atoms with Crippen LogP contribution in [0.25, 0.3) is 133 Å². The largest absolute Gasteiger partial charge is 0.248 e. The minimum absolute atomic E-state index is 0.798. The van der Waals surface area contributed by atoms with Gasteiger partial charge in [-0.3, -0.25) is 0 Å². The summed E-state index contributed by atoms with van der Waals surface area (Å²) in [6, 6.07) is 71.6. The van der Waals surface area contributed by atoms with Crippen LogP contribution in [0.15, 0.2) is 206 Å². The van der Waals surface area contributed by atoms with E-state index in [-0.39, 0.29) is 0 Å². The minimum atomic E-state index is 0.798. The highest BCUT2D eigenvalue weighted by Crippen LogP contribution is 2.33. The molecule has 6 heterocycles. The maximum atomic E-state index is 5.25. The molecule has 6 nitrogen and oxygen atoms in total. The first-order chi connectivity index (χ1) is 31.6. The number of hydrogen-bond acceptors (Lipinski definition) is 6. The molecule has 6 heteroatoms. The number of hydrogen-bond donors (Lipinski definition) is 0. The SMILES string of the molecule is c1ccc(-c2ccc3ccc4ccc(-c5ccc6ccc(-c7ccc8ccc(-c9ccc%10ccc%11ccc(-c%12ccc%13ccccc%13c%12)nc%11c%10n9)cc8n7)cc6n5)nc4c3n2)cc1. The van der Waals surface area contributed by atoms with Gasteiger partial charge in [-0.15, -0.1) is 0 Å². The van der Waals surface area contributed by atoms with Gasteiger partial charge >= 0.3 is 0 Å². The predicted molar refractivity (Wildman–Crippen MR) is 263 cm³/mol. The molecule has 64 heavy (non-hydrogen) atoms. The Hall–Kier alpha value is -8.74. The second kappa shape index (κ2) is 14.4. The summed E-state index contributed by atoms with van der Waals surface area (Å²) in [7, 11) is 0. The lowest BCUT2D eigenvalue weighted by Gasteiger charge is -2.10. The van der Waals surface area contributed by atoms with Gasteiger partial charge in [0, 0.05) is 54.6 Å². The van der Waals surface area contributed by atoms with E-state index in [4.69, 9.17) is 29.9 Å². The van der Waals surface area contributed by atoms with Crippen molar-refractivity contribution in [3.63, 3.8) is 0 Å². The fourth-order valence-corrected chi connectivity index (χ4v) is 8.97. The summed E-state index contributed by atoms with van der Waals surface area (Å²) in [4.78, 5) is 31.1. The summed E-state index contributed by atoms with van der Waals surface area (Å²) in [6.07, 6.45) is 0. The molecular formula is C58H34N6. The highest BCUT2D eigenvalue weighted by molar-refractivity contribution is 6.05. The fourth-order valence-electron chi connectivity index (χ4n) is 8.97. The second-order valence-electron chi connectivity index (χ2n) is 16.3. The third-order valence-corrected chi connectivity index (χ3v) is 12.4.